The lowest BCUT2D eigenvalue weighted by Crippen LogP contribution is -2.60. The van der Waals surface area contributed by atoms with Crippen LogP contribution in [0.1, 0.15) is 6.92 Å². The number of halogens is 1. The van der Waals surface area contributed by atoms with Crippen LogP contribution >= 0.6 is 0 Å². The van der Waals surface area contributed by atoms with E-state index in [0.29, 0.717) is 10.6 Å². The van der Waals surface area contributed by atoms with Crippen molar-refractivity contribution in [3.8, 4) is 0 Å². The molecule has 0 spiro atoms. The lowest BCUT2D eigenvalue weighted by molar-refractivity contribution is 0.0144. The SMILES string of the molecule is CN=S(=O)(c1ccc(NC(=O)N2CC(C)(F)C2)cc1)N(C)C. The second-order valence-electron chi connectivity index (χ2n) is 5.72. The molecular weight excluding hydrogens is 307 g/mol. The smallest absolute Gasteiger partial charge is 0.318 e. The normalized spacial score (nSPS) is 19.3. The number of likely N-dealkylation sites (tertiary alicyclic amines) is 1. The van der Waals surface area contributed by atoms with Gasteiger partial charge in [0.1, 0.15) is 15.6 Å². The first kappa shape index (κ1) is 16.7. The number of urea groups is 1. The maximum Gasteiger partial charge on any atom is 0.322 e. The molecule has 1 aromatic rings. The molecule has 122 valence electrons. The van der Waals surface area contributed by atoms with E-state index in [9.17, 15) is 13.4 Å². The Morgan fingerprint density at radius 2 is 1.91 bits per heavy atom. The van der Waals surface area contributed by atoms with Crippen LogP contribution in [0.2, 0.25) is 0 Å². The van der Waals surface area contributed by atoms with E-state index in [0.717, 1.165) is 0 Å². The van der Waals surface area contributed by atoms with E-state index in [1.165, 1.54) is 18.9 Å². The van der Waals surface area contributed by atoms with Crippen LogP contribution in [-0.2, 0) is 9.92 Å². The van der Waals surface area contributed by atoms with Gasteiger partial charge in [-0.15, -0.1) is 0 Å². The van der Waals surface area contributed by atoms with Gasteiger partial charge in [0.05, 0.1) is 18.0 Å². The third-order valence-electron chi connectivity index (χ3n) is 3.48. The molecule has 0 radical (unpaired) electrons. The predicted octanol–water partition coefficient (Wildman–Crippen LogP) is 2.20. The summed E-state index contributed by atoms with van der Waals surface area (Å²) in [6, 6.07) is 6.32. The summed E-state index contributed by atoms with van der Waals surface area (Å²) in [5.41, 5.74) is -0.723. The van der Waals surface area contributed by atoms with Gasteiger partial charge in [0.2, 0.25) is 0 Å². The van der Waals surface area contributed by atoms with Crippen molar-refractivity contribution >= 4 is 21.6 Å². The summed E-state index contributed by atoms with van der Waals surface area (Å²) in [5.74, 6) is 0. The molecule has 0 aliphatic carbocycles. The molecule has 1 aliphatic heterocycles. The molecule has 8 heteroatoms. The summed E-state index contributed by atoms with van der Waals surface area (Å²) in [5, 5.41) is 2.69. The number of hydrogen-bond donors (Lipinski definition) is 1. The molecule has 2 rings (SSSR count). The number of carbonyl (C=O) groups excluding carboxylic acids is 1. The van der Waals surface area contributed by atoms with Crippen LogP contribution in [0, 0.1) is 0 Å². The fraction of sp³-hybridized carbons (Fsp3) is 0.500. The molecule has 1 aliphatic rings. The monoisotopic (exact) mass is 328 g/mol. The lowest BCUT2D eigenvalue weighted by Gasteiger charge is -2.41. The van der Waals surface area contributed by atoms with Gasteiger partial charge in [0, 0.05) is 26.8 Å². The van der Waals surface area contributed by atoms with Gasteiger partial charge in [0.25, 0.3) is 0 Å². The molecule has 1 heterocycles. The van der Waals surface area contributed by atoms with E-state index in [1.54, 1.807) is 42.7 Å². The molecule has 1 saturated heterocycles. The summed E-state index contributed by atoms with van der Waals surface area (Å²) in [6.45, 7) is 1.66. The van der Waals surface area contributed by atoms with Crippen molar-refractivity contribution in [2.75, 3.05) is 39.5 Å². The third-order valence-corrected chi connectivity index (χ3v) is 5.85. The van der Waals surface area contributed by atoms with Crippen LogP contribution in [-0.4, -0.2) is 59.3 Å². The first-order valence-corrected chi connectivity index (χ1v) is 8.33. The quantitative estimate of drug-likeness (QED) is 0.924. The number of alkyl halides is 1. The van der Waals surface area contributed by atoms with E-state index in [2.05, 4.69) is 9.68 Å². The highest BCUT2D eigenvalue weighted by Gasteiger charge is 2.41. The molecule has 1 fully saturated rings. The Labute approximate surface area is 130 Å². The fourth-order valence-corrected chi connectivity index (χ4v) is 3.74. The maximum absolute atomic E-state index is 13.4. The van der Waals surface area contributed by atoms with Crippen LogP contribution in [0.3, 0.4) is 0 Å². The Morgan fingerprint density at radius 3 is 2.32 bits per heavy atom. The average molecular weight is 328 g/mol. The highest BCUT2D eigenvalue weighted by atomic mass is 32.2. The van der Waals surface area contributed by atoms with Crippen molar-refractivity contribution in [1.29, 1.82) is 0 Å². The largest absolute Gasteiger partial charge is 0.322 e. The number of benzene rings is 1. The number of carbonyl (C=O) groups is 1. The van der Waals surface area contributed by atoms with Crippen molar-refractivity contribution in [2.45, 2.75) is 17.5 Å². The van der Waals surface area contributed by atoms with Crippen LogP contribution < -0.4 is 5.32 Å². The minimum absolute atomic E-state index is 0.0973. The van der Waals surface area contributed by atoms with Gasteiger partial charge >= 0.3 is 6.03 Å². The standard InChI is InChI=1S/C14H21FN4O2S/c1-14(15)9-19(10-14)13(20)17-11-5-7-12(8-6-11)22(21,16-2)18(3)4/h5-8H,9-10H2,1-4H3,(H,17,20). The zero-order valence-corrected chi connectivity index (χ0v) is 14.0. The number of amides is 2. The van der Waals surface area contributed by atoms with Gasteiger partial charge in [-0.3, -0.25) is 0 Å². The Morgan fingerprint density at radius 1 is 1.36 bits per heavy atom. The lowest BCUT2D eigenvalue weighted by atomic mass is 10.00. The van der Waals surface area contributed by atoms with Crippen molar-refractivity contribution in [1.82, 2.24) is 9.21 Å². The molecule has 0 bridgehead atoms. The molecule has 0 saturated carbocycles. The summed E-state index contributed by atoms with van der Waals surface area (Å²) < 4.78 is 31.6. The summed E-state index contributed by atoms with van der Waals surface area (Å²) >= 11 is 0. The second-order valence-corrected chi connectivity index (χ2v) is 8.28. The van der Waals surface area contributed by atoms with E-state index >= 15 is 0 Å². The first-order valence-electron chi connectivity index (χ1n) is 6.86. The highest BCUT2D eigenvalue weighted by Crippen LogP contribution is 2.25. The second kappa shape index (κ2) is 5.85. The fourth-order valence-electron chi connectivity index (χ4n) is 2.29. The van der Waals surface area contributed by atoms with Gasteiger partial charge in [-0.25, -0.2) is 22.1 Å². The number of rotatable bonds is 3. The Hall–Kier alpha value is -1.67. The highest BCUT2D eigenvalue weighted by molar-refractivity contribution is 7.91. The van der Waals surface area contributed by atoms with Gasteiger partial charge < -0.3 is 10.2 Å². The summed E-state index contributed by atoms with van der Waals surface area (Å²) in [7, 11) is 2.30. The molecule has 2 amide bonds. The third kappa shape index (κ3) is 3.22. The number of nitrogens with zero attached hydrogens (tertiary/aromatic N) is 3. The van der Waals surface area contributed by atoms with Crippen LogP contribution in [0.25, 0.3) is 0 Å². The van der Waals surface area contributed by atoms with Gasteiger partial charge in [-0.1, -0.05) is 0 Å². The molecule has 1 N–H and O–H groups in total. The molecule has 1 atom stereocenters. The molecule has 1 aromatic carbocycles. The Kier molecular flexibility index (Phi) is 4.44. The van der Waals surface area contributed by atoms with E-state index in [1.807, 2.05) is 0 Å². The molecule has 22 heavy (non-hydrogen) atoms. The van der Waals surface area contributed by atoms with Crippen LogP contribution in [0.15, 0.2) is 33.5 Å². The van der Waals surface area contributed by atoms with Crippen LogP contribution in [0.5, 0.6) is 0 Å². The number of hydrogen-bond acceptors (Lipinski definition) is 3. The van der Waals surface area contributed by atoms with Gasteiger partial charge in [-0.05, 0) is 31.2 Å². The van der Waals surface area contributed by atoms with Gasteiger partial charge in [-0.2, -0.15) is 0 Å². The zero-order valence-electron chi connectivity index (χ0n) is 13.2. The van der Waals surface area contributed by atoms with Gasteiger partial charge in [0.15, 0.2) is 0 Å². The van der Waals surface area contributed by atoms with Crippen molar-refractivity contribution in [2.24, 2.45) is 4.36 Å². The molecule has 1 unspecified atom stereocenters. The van der Waals surface area contributed by atoms with Crippen molar-refractivity contribution < 1.29 is 13.4 Å². The predicted molar refractivity (Wildman–Crippen MR) is 85.0 cm³/mol. The summed E-state index contributed by atoms with van der Waals surface area (Å²) in [6.07, 6.45) is 0. The maximum atomic E-state index is 13.4. The zero-order chi connectivity index (χ0) is 16.5. The Bertz CT molecular complexity index is 671. The van der Waals surface area contributed by atoms with Crippen molar-refractivity contribution in [3.05, 3.63) is 24.3 Å². The van der Waals surface area contributed by atoms with E-state index < -0.39 is 15.6 Å². The molecular formula is C14H21FN4O2S. The minimum Gasteiger partial charge on any atom is -0.318 e. The van der Waals surface area contributed by atoms with E-state index in [-0.39, 0.29) is 19.1 Å². The number of nitrogens with one attached hydrogen (secondary N) is 1. The number of anilines is 1. The van der Waals surface area contributed by atoms with E-state index in [4.69, 9.17) is 0 Å². The topological polar surface area (TPSA) is 65.0 Å². The Balaban J connectivity index is 2.07. The minimum atomic E-state index is -2.61. The molecule has 0 aromatic heterocycles. The molecule has 6 nitrogen and oxygen atoms in total. The first-order chi connectivity index (χ1) is 10.2. The van der Waals surface area contributed by atoms with Crippen molar-refractivity contribution in [3.63, 3.8) is 0 Å². The average Bonchev–Trinajstić information content (AvgIpc) is 2.44. The summed E-state index contributed by atoms with van der Waals surface area (Å²) in [4.78, 5) is 13.9. The van der Waals surface area contributed by atoms with Crippen LogP contribution in [0.4, 0.5) is 14.9 Å².